The fourth-order valence-electron chi connectivity index (χ4n) is 2.26. The van der Waals surface area contributed by atoms with Crippen LogP contribution in [-0.2, 0) is 4.79 Å². The number of carboxylic acids is 1. The molecule has 0 bridgehead atoms. The van der Waals surface area contributed by atoms with Crippen molar-refractivity contribution in [2.45, 2.75) is 39.7 Å². The number of carboxylic acid groups (broad SMARTS) is 1. The lowest BCUT2D eigenvalue weighted by Crippen LogP contribution is -2.53. The van der Waals surface area contributed by atoms with Crippen LogP contribution in [0.4, 0.5) is 4.79 Å². The van der Waals surface area contributed by atoms with E-state index in [4.69, 9.17) is 5.11 Å². The SMILES string of the molecule is CC(C)CCC(C)NC(=O)N1CCN(CC(=O)O)CC1. The predicted molar refractivity (Wildman–Crippen MR) is 77.7 cm³/mol. The molecule has 0 radical (unpaired) electrons. The van der Waals surface area contributed by atoms with Gasteiger partial charge in [-0.25, -0.2) is 4.79 Å². The van der Waals surface area contributed by atoms with Crippen LogP contribution < -0.4 is 5.32 Å². The summed E-state index contributed by atoms with van der Waals surface area (Å²) in [4.78, 5) is 26.3. The molecule has 2 amide bonds. The Balaban J connectivity index is 2.26. The number of piperazine rings is 1. The molecule has 1 aliphatic heterocycles. The van der Waals surface area contributed by atoms with Gasteiger partial charge in [0.2, 0.25) is 0 Å². The molecule has 116 valence electrons. The first-order valence-electron chi connectivity index (χ1n) is 7.38. The second-order valence-corrected chi connectivity index (χ2v) is 5.98. The van der Waals surface area contributed by atoms with Crippen molar-refractivity contribution < 1.29 is 14.7 Å². The molecule has 6 nitrogen and oxygen atoms in total. The summed E-state index contributed by atoms with van der Waals surface area (Å²) in [6.07, 6.45) is 2.09. The van der Waals surface area contributed by atoms with Gasteiger partial charge in [0.15, 0.2) is 0 Å². The molecule has 1 rings (SSSR count). The number of rotatable bonds is 6. The average molecular weight is 285 g/mol. The summed E-state index contributed by atoms with van der Waals surface area (Å²) < 4.78 is 0. The lowest BCUT2D eigenvalue weighted by molar-refractivity contribution is -0.138. The first kappa shape index (κ1) is 16.8. The molecule has 1 saturated heterocycles. The maximum atomic E-state index is 12.1. The zero-order valence-electron chi connectivity index (χ0n) is 12.8. The first-order chi connectivity index (χ1) is 9.38. The molecule has 0 saturated carbocycles. The van der Waals surface area contributed by atoms with Crippen LogP contribution in [0.1, 0.15) is 33.6 Å². The molecule has 0 aromatic rings. The highest BCUT2D eigenvalue weighted by molar-refractivity contribution is 5.74. The minimum Gasteiger partial charge on any atom is -0.480 e. The third-order valence-corrected chi connectivity index (χ3v) is 3.57. The fraction of sp³-hybridized carbons (Fsp3) is 0.857. The van der Waals surface area contributed by atoms with Crippen LogP contribution in [0, 0.1) is 5.92 Å². The van der Waals surface area contributed by atoms with Gasteiger partial charge < -0.3 is 15.3 Å². The van der Waals surface area contributed by atoms with E-state index >= 15 is 0 Å². The normalized spacial score (nSPS) is 18.1. The average Bonchev–Trinajstić information content (AvgIpc) is 2.36. The number of urea groups is 1. The Morgan fingerprint density at radius 3 is 2.20 bits per heavy atom. The summed E-state index contributed by atoms with van der Waals surface area (Å²) in [6, 6.07) is 0.151. The fourth-order valence-corrected chi connectivity index (χ4v) is 2.26. The van der Waals surface area contributed by atoms with Crippen molar-refractivity contribution in [3.05, 3.63) is 0 Å². The molecule has 1 unspecified atom stereocenters. The number of carbonyl (C=O) groups is 2. The largest absolute Gasteiger partial charge is 0.480 e. The van der Waals surface area contributed by atoms with Crippen LogP contribution in [0.15, 0.2) is 0 Å². The topological polar surface area (TPSA) is 72.9 Å². The van der Waals surface area contributed by atoms with Crippen LogP contribution in [0.3, 0.4) is 0 Å². The number of nitrogens with zero attached hydrogens (tertiary/aromatic N) is 2. The minimum absolute atomic E-state index is 0.0313. The Morgan fingerprint density at radius 1 is 1.10 bits per heavy atom. The highest BCUT2D eigenvalue weighted by atomic mass is 16.4. The van der Waals surface area contributed by atoms with Gasteiger partial charge in [-0.05, 0) is 25.7 Å². The number of hydrogen-bond acceptors (Lipinski definition) is 3. The van der Waals surface area contributed by atoms with E-state index in [2.05, 4.69) is 19.2 Å². The number of carbonyl (C=O) groups excluding carboxylic acids is 1. The molecule has 6 heteroatoms. The van der Waals surface area contributed by atoms with Crippen molar-refractivity contribution in [3.63, 3.8) is 0 Å². The van der Waals surface area contributed by atoms with E-state index in [0.29, 0.717) is 32.1 Å². The van der Waals surface area contributed by atoms with Crippen LogP contribution in [0.5, 0.6) is 0 Å². The van der Waals surface area contributed by atoms with Crippen molar-refractivity contribution >= 4 is 12.0 Å². The standard InChI is InChI=1S/C14H27N3O3/c1-11(2)4-5-12(3)15-14(20)17-8-6-16(7-9-17)10-13(18)19/h11-12H,4-10H2,1-3H3,(H,15,20)(H,18,19). The van der Waals surface area contributed by atoms with E-state index in [1.165, 1.54) is 0 Å². The van der Waals surface area contributed by atoms with Gasteiger partial charge in [-0.15, -0.1) is 0 Å². The summed E-state index contributed by atoms with van der Waals surface area (Å²) in [6.45, 7) is 8.87. The molecule has 20 heavy (non-hydrogen) atoms. The van der Waals surface area contributed by atoms with E-state index in [1.807, 2.05) is 11.8 Å². The molecular formula is C14H27N3O3. The molecule has 0 aliphatic carbocycles. The van der Waals surface area contributed by atoms with Crippen molar-refractivity contribution in [2.24, 2.45) is 5.92 Å². The smallest absolute Gasteiger partial charge is 0.317 e. The van der Waals surface area contributed by atoms with Gasteiger partial charge in [0, 0.05) is 32.2 Å². The Labute approximate surface area is 121 Å². The Hall–Kier alpha value is -1.30. The van der Waals surface area contributed by atoms with Gasteiger partial charge >= 0.3 is 12.0 Å². The molecule has 0 aromatic heterocycles. The van der Waals surface area contributed by atoms with E-state index < -0.39 is 5.97 Å². The van der Waals surface area contributed by atoms with Gasteiger partial charge in [-0.2, -0.15) is 0 Å². The number of aliphatic carboxylic acids is 1. The minimum atomic E-state index is -0.815. The monoisotopic (exact) mass is 285 g/mol. The van der Waals surface area contributed by atoms with Crippen LogP contribution >= 0.6 is 0 Å². The molecule has 1 heterocycles. The van der Waals surface area contributed by atoms with Crippen molar-refractivity contribution in [2.75, 3.05) is 32.7 Å². The van der Waals surface area contributed by atoms with E-state index in [9.17, 15) is 9.59 Å². The van der Waals surface area contributed by atoms with E-state index in [0.717, 1.165) is 12.8 Å². The Kier molecular flexibility index (Phi) is 6.78. The number of amides is 2. The quantitative estimate of drug-likeness (QED) is 0.769. The third kappa shape index (κ3) is 6.23. The van der Waals surface area contributed by atoms with Crippen LogP contribution in [-0.4, -0.2) is 65.7 Å². The van der Waals surface area contributed by atoms with Crippen molar-refractivity contribution in [1.82, 2.24) is 15.1 Å². The van der Waals surface area contributed by atoms with Gasteiger partial charge in [0.1, 0.15) is 0 Å². The van der Waals surface area contributed by atoms with Gasteiger partial charge in [0.05, 0.1) is 6.54 Å². The van der Waals surface area contributed by atoms with Crippen LogP contribution in [0.2, 0.25) is 0 Å². The van der Waals surface area contributed by atoms with Crippen molar-refractivity contribution in [1.29, 1.82) is 0 Å². The lowest BCUT2D eigenvalue weighted by atomic mass is 10.0. The summed E-state index contributed by atoms with van der Waals surface area (Å²) in [5.41, 5.74) is 0. The molecule has 2 N–H and O–H groups in total. The van der Waals surface area contributed by atoms with E-state index in [1.54, 1.807) is 4.90 Å². The summed E-state index contributed by atoms with van der Waals surface area (Å²) in [5, 5.41) is 11.7. The lowest BCUT2D eigenvalue weighted by Gasteiger charge is -2.34. The predicted octanol–water partition coefficient (Wildman–Crippen LogP) is 1.22. The molecule has 1 atom stereocenters. The third-order valence-electron chi connectivity index (χ3n) is 3.57. The van der Waals surface area contributed by atoms with Crippen molar-refractivity contribution in [3.8, 4) is 0 Å². The molecule has 1 aliphatic rings. The highest BCUT2D eigenvalue weighted by Gasteiger charge is 2.22. The van der Waals surface area contributed by atoms with Gasteiger partial charge in [0.25, 0.3) is 0 Å². The molecular weight excluding hydrogens is 258 g/mol. The summed E-state index contributed by atoms with van der Waals surface area (Å²) in [7, 11) is 0. The molecule has 0 aromatic carbocycles. The zero-order chi connectivity index (χ0) is 15.1. The number of hydrogen-bond donors (Lipinski definition) is 2. The number of nitrogens with one attached hydrogen (secondary N) is 1. The Bertz CT molecular complexity index is 326. The maximum absolute atomic E-state index is 12.1. The highest BCUT2D eigenvalue weighted by Crippen LogP contribution is 2.07. The first-order valence-corrected chi connectivity index (χ1v) is 7.38. The second-order valence-electron chi connectivity index (χ2n) is 5.98. The molecule has 0 spiro atoms. The van der Waals surface area contributed by atoms with Gasteiger partial charge in [-0.1, -0.05) is 13.8 Å². The maximum Gasteiger partial charge on any atom is 0.317 e. The second kappa shape index (κ2) is 8.09. The van der Waals surface area contributed by atoms with E-state index in [-0.39, 0.29) is 18.6 Å². The zero-order valence-corrected chi connectivity index (χ0v) is 12.8. The molecule has 1 fully saturated rings. The summed E-state index contributed by atoms with van der Waals surface area (Å²) in [5.74, 6) is -0.167. The van der Waals surface area contributed by atoms with Gasteiger partial charge in [-0.3, -0.25) is 9.69 Å². The Morgan fingerprint density at radius 2 is 1.70 bits per heavy atom. The summed E-state index contributed by atoms with van der Waals surface area (Å²) >= 11 is 0. The van der Waals surface area contributed by atoms with Crippen LogP contribution in [0.25, 0.3) is 0 Å².